The van der Waals surface area contributed by atoms with Crippen LogP contribution in [0.1, 0.15) is 0 Å². The summed E-state index contributed by atoms with van der Waals surface area (Å²) in [4.78, 5) is 4.62. The summed E-state index contributed by atoms with van der Waals surface area (Å²) in [6, 6.07) is 9.84. The van der Waals surface area contributed by atoms with E-state index in [0.717, 1.165) is 10.1 Å². The Bertz CT molecular complexity index is 957. The van der Waals surface area contributed by atoms with Crippen LogP contribution in [0.4, 0.5) is 5.69 Å². The third-order valence-corrected chi connectivity index (χ3v) is 5.89. The second-order valence-electron chi connectivity index (χ2n) is 4.75. The van der Waals surface area contributed by atoms with E-state index in [1.165, 1.54) is 30.1 Å². The van der Waals surface area contributed by atoms with Crippen LogP contribution in [0.15, 0.2) is 63.9 Å². The lowest BCUT2D eigenvalue weighted by Gasteiger charge is -2.09. The number of hydrogen-bond donors (Lipinski definition) is 1. The molecular weight excluding hydrogens is 370 g/mol. The Labute approximate surface area is 148 Å². The number of hydrogen-bond acceptors (Lipinski definition) is 6. The van der Waals surface area contributed by atoms with Gasteiger partial charge in [-0.3, -0.25) is 4.72 Å². The van der Waals surface area contributed by atoms with Gasteiger partial charge in [-0.25, -0.2) is 13.4 Å². The van der Waals surface area contributed by atoms with Crippen molar-refractivity contribution in [1.82, 2.24) is 19.7 Å². The molecule has 0 radical (unpaired) electrons. The maximum absolute atomic E-state index is 12.3. The highest BCUT2D eigenvalue weighted by atomic mass is 35.5. The number of sulfonamides is 1. The molecule has 0 aliphatic carbocycles. The molecule has 0 bridgehead atoms. The Kier molecular flexibility index (Phi) is 4.74. The Balaban J connectivity index is 1.77. The van der Waals surface area contributed by atoms with Crippen LogP contribution in [-0.2, 0) is 17.1 Å². The Morgan fingerprint density at radius 1 is 1.21 bits per heavy atom. The van der Waals surface area contributed by atoms with Crippen LogP contribution >= 0.6 is 23.4 Å². The predicted octanol–water partition coefficient (Wildman–Crippen LogP) is 2.82. The Morgan fingerprint density at radius 2 is 1.96 bits per heavy atom. The summed E-state index contributed by atoms with van der Waals surface area (Å²) in [6.45, 7) is 0. The molecule has 0 spiro atoms. The molecule has 24 heavy (non-hydrogen) atoms. The van der Waals surface area contributed by atoms with Crippen molar-refractivity contribution in [2.24, 2.45) is 7.05 Å². The number of benzene rings is 1. The number of nitrogens with one attached hydrogen (secondary N) is 1. The molecule has 0 saturated carbocycles. The fourth-order valence-corrected chi connectivity index (χ4v) is 4.12. The fourth-order valence-electron chi connectivity index (χ4n) is 1.84. The van der Waals surface area contributed by atoms with E-state index in [4.69, 9.17) is 11.6 Å². The molecule has 10 heteroatoms. The average Bonchev–Trinajstić information content (AvgIpc) is 2.94. The highest BCUT2D eigenvalue weighted by Crippen LogP contribution is 2.27. The molecule has 2 heterocycles. The van der Waals surface area contributed by atoms with Crippen molar-refractivity contribution in [3.05, 3.63) is 54.1 Å². The Morgan fingerprint density at radius 3 is 2.58 bits per heavy atom. The molecular formula is C14H12ClN5O2S2. The second kappa shape index (κ2) is 6.80. The summed E-state index contributed by atoms with van der Waals surface area (Å²) in [5.41, 5.74) is 0.428. The predicted molar refractivity (Wildman–Crippen MR) is 91.6 cm³/mol. The zero-order valence-electron chi connectivity index (χ0n) is 12.4. The molecule has 1 aromatic carbocycles. The van der Waals surface area contributed by atoms with Crippen LogP contribution in [0.25, 0.3) is 0 Å². The molecule has 0 aliphatic rings. The van der Waals surface area contributed by atoms with Crippen LogP contribution < -0.4 is 4.72 Å². The lowest BCUT2D eigenvalue weighted by molar-refractivity contribution is 0.601. The van der Waals surface area contributed by atoms with Crippen molar-refractivity contribution in [1.29, 1.82) is 0 Å². The molecule has 124 valence electrons. The number of aryl methyl sites for hydroxylation is 1. The number of nitrogens with zero attached hydrogens (tertiary/aromatic N) is 4. The smallest absolute Gasteiger partial charge is 0.264 e. The van der Waals surface area contributed by atoms with Crippen molar-refractivity contribution in [2.75, 3.05) is 4.72 Å². The first-order valence-corrected chi connectivity index (χ1v) is 9.39. The van der Waals surface area contributed by atoms with Gasteiger partial charge in [0, 0.05) is 23.8 Å². The van der Waals surface area contributed by atoms with E-state index in [0.29, 0.717) is 5.69 Å². The van der Waals surface area contributed by atoms with Gasteiger partial charge in [0.2, 0.25) is 0 Å². The lowest BCUT2D eigenvalue weighted by Crippen LogP contribution is -2.13. The molecule has 3 rings (SSSR count). The molecule has 0 unspecified atom stereocenters. The van der Waals surface area contributed by atoms with E-state index in [2.05, 4.69) is 19.9 Å². The van der Waals surface area contributed by atoms with Gasteiger partial charge in [0.25, 0.3) is 10.0 Å². The number of aromatic nitrogens is 4. The number of anilines is 1. The van der Waals surface area contributed by atoms with E-state index >= 15 is 0 Å². The molecule has 0 atom stereocenters. The van der Waals surface area contributed by atoms with Gasteiger partial charge in [0.15, 0.2) is 5.16 Å². The maximum Gasteiger partial charge on any atom is 0.264 e. The summed E-state index contributed by atoms with van der Waals surface area (Å²) in [5.74, 6) is 0. The first kappa shape index (κ1) is 16.7. The van der Waals surface area contributed by atoms with Crippen molar-refractivity contribution in [2.45, 2.75) is 14.9 Å². The van der Waals surface area contributed by atoms with Crippen molar-refractivity contribution >= 4 is 39.1 Å². The van der Waals surface area contributed by atoms with E-state index < -0.39 is 10.0 Å². The molecule has 0 amide bonds. The minimum Gasteiger partial charge on any atom is -0.311 e. The largest absolute Gasteiger partial charge is 0.311 e. The van der Waals surface area contributed by atoms with E-state index in [1.54, 1.807) is 35.2 Å². The molecule has 0 saturated heterocycles. The fraction of sp³-hybridized carbons (Fsp3) is 0.0714. The molecule has 0 aliphatic heterocycles. The number of pyridine rings is 1. The van der Waals surface area contributed by atoms with Gasteiger partial charge in [0.1, 0.15) is 16.4 Å². The quantitative estimate of drug-likeness (QED) is 0.683. The molecule has 7 nitrogen and oxygen atoms in total. The van der Waals surface area contributed by atoms with Crippen LogP contribution in [0.2, 0.25) is 5.15 Å². The zero-order chi connectivity index (χ0) is 17.2. The molecule has 1 N–H and O–H groups in total. The molecule has 2 aromatic heterocycles. The Hall–Kier alpha value is -2.10. The minimum absolute atomic E-state index is 0.0656. The first-order valence-electron chi connectivity index (χ1n) is 6.71. The third kappa shape index (κ3) is 3.69. The van der Waals surface area contributed by atoms with E-state index in [9.17, 15) is 8.42 Å². The highest BCUT2D eigenvalue weighted by molar-refractivity contribution is 7.99. The lowest BCUT2D eigenvalue weighted by atomic mass is 10.3. The SMILES string of the molecule is Cn1cnnc1Sc1ccc(NS(=O)(=O)c2cccnc2Cl)cc1. The number of halogens is 1. The van der Waals surface area contributed by atoms with Gasteiger partial charge in [-0.05, 0) is 48.2 Å². The minimum atomic E-state index is -3.79. The van der Waals surface area contributed by atoms with Gasteiger partial charge in [-0.2, -0.15) is 0 Å². The van der Waals surface area contributed by atoms with Crippen LogP contribution in [0.5, 0.6) is 0 Å². The molecule has 0 fully saturated rings. The summed E-state index contributed by atoms with van der Waals surface area (Å²) in [7, 11) is -1.94. The summed E-state index contributed by atoms with van der Waals surface area (Å²) in [6.07, 6.45) is 3.04. The van der Waals surface area contributed by atoms with Crippen LogP contribution in [0.3, 0.4) is 0 Å². The van der Waals surface area contributed by atoms with Crippen LogP contribution in [0, 0.1) is 0 Å². The normalized spacial score (nSPS) is 11.4. The summed E-state index contributed by atoms with van der Waals surface area (Å²) < 4.78 is 29.0. The monoisotopic (exact) mass is 381 g/mol. The van der Waals surface area contributed by atoms with Crippen molar-refractivity contribution in [3.63, 3.8) is 0 Å². The van der Waals surface area contributed by atoms with Crippen LogP contribution in [-0.4, -0.2) is 28.2 Å². The summed E-state index contributed by atoms with van der Waals surface area (Å²) in [5, 5.41) is 8.46. The maximum atomic E-state index is 12.3. The van der Waals surface area contributed by atoms with Gasteiger partial charge in [-0.15, -0.1) is 10.2 Å². The summed E-state index contributed by atoms with van der Waals surface area (Å²) >= 11 is 7.27. The van der Waals surface area contributed by atoms with Gasteiger partial charge in [-0.1, -0.05) is 11.6 Å². The molecule has 3 aromatic rings. The zero-order valence-corrected chi connectivity index (χ0v) is 14.8. The average molecular weight is 382 g/mol. The number of rotatable bonds is 5. The van der Waals surface area contributed by atoms with E-state index in [-0.39, 0.29) is 10.0 Å². The van der Waals surface area contributed by atoms with Crippen molar-refractivity contribution < 1.29 is 8.42 Å². The van der Waals surface area contributed by atoms with Gasteiger partial charge in [0.05, 0.1) is 0 Å². The highest BCUT2D eigenvalue weighted by Gasteiger charge is 2.18. The second-order valence-corrected chi connectivity index (χ2v) is 7.80. The van der Waals surface area contributed by atoms with Gasteiger partial charge >= 0.3 is 0 Å². The van der Waals surface area contributed by atoms with Gasteiger partial charge < -0.3 is 4.57 Å². The van der Waals surface area contributed by atoms with Crippen molar-refractivity contribution in [3.8, 4) is 0 Å². The standard InChI is InChI=1S/C14H12ClN5O2S2/c1-20-9-17-18-14(20)23-11-6-4-10(5-7-11)19-24(21,22)12-3-2-8-16-13(12)15/h2-9,19H,1H3. The van der Waals surface area contributed by atoms with E-state index in [1.807, 2.05) is 7.05 Å². The topological polar surface area (TPSA) is 89.8 Å². The first-order chi connectivity index (χ1) is 11.5. The third-order valence-electron chi connectivity index (χ3n) is 3.00.